The maximum absolute atomic E-state index is 13.1. The number of hydroxylamine groups is 1. The van der Waals surface area contributed by atoms with Gasteiger partial charge in [-0.15, -0.1) is 0 Å². The van der Waals surface area contributed by atoms with Crippen LogP contribution in [0.2, 0.25) is 0 Å². The molecule has 1 aromatic carbocycles. The second kappa shape index (κ2) is 7.84. The molecule has 3 fully saturated rings. The summed E-state index contributed by atoms with van der Waals surface area (Å²) in [5, 5.41) is 12.5. The summed E-state index contributed by atoms with van der Waals surface area (Å²) in [7, 11) is 0. The molecule has 1 aromatic rings. The third-order valence-corrected chi connectivity index (χ3v) is 7.09. The molecule has 2 saturated heterocycles. The molecule has 0 aromatic heterocycles. The minimum absolute atomic E-state index is 0.00359. The van der Waals surface area contributed by atoms with Gasteiger partial charge in [-0.1, -0.05) is 31.2 Å². The Bertz CT molecular complexity index is 721. The Morgan fingerprint density at radius 3 is 2.46 bits per heavy atom. The standard InChI is InChI=1S/C22H31N3O3/c1-2-15-3-5-16(6-4-15)17-7-11-25(12-8-17)21(27)19-18(20(26)24-28)13-22(9-10-22)14-23-19/h3-6,17-19,23,28H,2,7-14H2,1H3,(H,24,26). The first-order chi connectivity index (χ1) is 13.5. The molecular formula is C22H31N3O3. The van der Waals surface area contributed by atoms with Gasteiger partial charge in [-0.25, -0.2) is 5.48 Å². The Labute approximate surface area is 166 Å². The molecule has 1 spiro atoms. The van der Waals surface area contributed by atoms with E-state index in [0.717, 1.165) is 51.7 Å². The summed E-state index contributed by atoms with van der Waals surface area (Å²) < 4.78 is 0. The summed E-state index contributed by atoms with van der Waals surface area (Å²) >= 11 is 0. The van der Waals surface area contributed by atoms with Gasteiger partial charge in [0.15, 0.2) is 0 Å². The van der Waals surface area contributed by atoms with E-state index in [2.05, 4.69) is 36.5 Å². The largest absolute Gasteiger partial charge is 0.341 e. The van der Waals surface area contributed by atoms with E-state index >= 15 is 0 Å². The summed E-state index contributed by atoms with van der Waals surface area (Å²) in [4.78, 5) is 27.2. The number of nitrogens with one attached hydrogen (secondary N) is 2. The molecule has 3 N–H and O–H groups in total. The summed E-state index contributed by atoms with van der Waals surface area (Å²) in [5.74, 6) is -0.444. The molecule has 152 valence electrons. The first-order valence-corrected chi connectivity index (χ1v) is 10.6. The predicted octanol–water partition coefficient (Wildman–Crippen LogP) is 2.22. The van der Waals surface area contributed by atoms with Crippen LogP contribution in [0.3, 0.4) is 0 Å². The molecule has 2 heterocycles. The van der Waals surface area contributed by atoms with Crippen molar-refractivity contribution in [1.29, 1.82) is 0 Å². The summed E-state index contributed by atoms with van der Waals surface area (Å²) in [6.45, 7) is 4.39. The number of benzene rings is 1. The van der Waals surface area contributed by atoms with Crippen molar-refractivity contribution in [2.24, 2.45) is 11.3 Å². The third-order valence-electron chi connectivity index (χ3n) is 7.09. The molecule has 2 unspecified atom stereocenters. The lowest BCUT2D eigenvalue weighted by Gasteiger charge is -2.40. The molecule has 28 heavy (non-hydrogen) atoms. The Kier molecular flexibility index (Phi) is 5.43. The maximum atomic E-state index is 13.1. The highest BCUT2D eigenvalue weighted by molar-refractivity contribution is 5.90. The Hall–Kier alpha value is -1.92. The van der Waals surface area contributed by atoms with E-state index in [9.17, 15) is 9.59 Å². The summed E-state index contributed by atoms with van der Waals surface area (Å²) in [5.41, 5.74) is 4.64. The third kappa shape index (κ3) is 3.80. The number of aryl methyl sites for hydroxylation is 1. The number of rotatable bonds is 4. The minimum atomic E-state index is -0.529. The number of hydrogen-bond acceptors (Lipinski definition) is 4. The molecular weight excluding hydrogens is 354 g/mol. The summed E-state index contributed by atoms with van der Waals surface area (Å²) in [6.07, 6.45) is 5.82. The molecule has 6 heteroatoms. The number of nitrogens with zero attached hydrogens (tertiary/aromatic N) is 1. The molecule has 1 aliphatic carbocycles. The number of carbonyl (C=O) groups is 2. The van der Waals surface area contributed by atoms with Gasteiger partial charge in [0.2, 0.25) is 11.8 Å². The number of hydrogen-bond donors (Lipinski definition) is 3. The molecule has 3 aliphatic rings. The second-order valence-corrected chi connectivity index (χ2v) is 8.84. The Morgan fingerprint density at radius 1 is 1.21 bits per heavy atom. The summed E-state index contributed by atoms with van der Waals surface area (Å²) in [6, 6.07) is 8.31. The van der Waals surface area contributed by atoms with Crippen molar-refractivity contribution < 1.29 is 14.8 Å². The minimum Gasteiger partial charge on any atom is -0.341 e. The SMILES string of the molecule is CCc1ccc(C2CCN(C(=O)C3NCC4(CC4)CC3C(=O)NO)CC2)cc1. The average molecular weight is 386 g/mol. The van der Waals surface area contributed by atoms with Gasteiger partial charge in [0, 0.05) is 19.6 Å². The van der Waals surface area contributed by atoms with E-state index in [1.54, 1.807) is 5.48 Å². The average Bonchev–Trinajstić information content (AvgIpc) is 3.51. The van der Waals surface area contributed by atoms with Crippen molar-refractivity contribution in [3.05, 3.63) is 35.4 Å². The molecule has 4 rings (SSSR count). The topological polar surface area (TPSA) is 81.7 Å². The van der Waals surface area contributed by atoms with Crippen LogP contribution >= 0.6 is 0 Å². The fourth-order valence-electron chi connectivity index (χ4n) is 4.92. The van der Waals surface area contributed by atoms with Crippen molar-refractivity contribution in [3.8, 4) is 0 Å². The molecule has 2 amide bonds. The Balaban J connectivity index is 1.38. The zero-order valence-electron chi connectivity index (χ0n) is 16.6. The van der Waals surface area contributed by atoms with Crippen molar-refractivity contribution in [2.45, 2.75) is 57.4 Å². The normalized spacial score (nSPS) is 26.9. The van der Waals surface area contributed by atoms with Crippen LogP contribution in [-0.2, 0) is 16.0 Å². The molecule has 0 radical (unpaired) electrons. The molecule has 2 aliphatic heterocycles. The van der Waals surface area contributed by atoms with Gasteiger partial charge in [-0.2, -0.15) is 0 Å². The number of piperidine rings is 2. The van der Waals surface area contributed by atoms with Gasteiger partial charge in [-0.3, -0.25) is 14.8 Å². The van der Waals surface area contributed by atoms with Crippen LogP contribution in [0.25, 0.3) is 0 Å². The van der Waals surface area contributed by atoms with Crippen LogP contribution in [0.1, 0.15) is 56.1 Å². The highest BCUT2D eigenvalue weighted by Crippen LogP contribution is 2.52. The van der Waals surface area contributed by atoms with Crippen LogP contribution in [0.5, 0.6) is 0 Å². The van der Waals surface area contributed by atoms with Crippen molar-refractivity contribution in [1.82, 2.24) is 15.7 Å². The molecule has 0 bridgehead atoms. The zero-order valence-corrected chi connectivity index (χ0v) is 16.6. The quantitative estimate of drug-likeness (QED) is 0.548. The van der Waals surface area contributed by atoms with Gasteiger partial charge in [0.25, 0.3) is 0 Å². The highest BCUT2D eigenvalue weighted by Gasteiger charge is 2.52. The zero-order chi connectivity index (χ0) is 19.7. The lowest BCUT2D eigenvalue weighted by atomic mass is 9.81. The number of amides is 2. The van der Waals surface area contributed by atoms with Crippen LogP contribution < -0.4 is 10.8 Å². The monoisotopic (exact) mass is 385 g/mol. The van der Waals surface area contributed by atoms with E-state index < -0.39 is 17.9 Å². The van der Waals surface area contributed by atoms with Crippen molar-refractivity contribution >= 4 is 11.8 Å². The van der Waals surface area contributed by atoms with E-state index in [-0.39, 0.29) is 11.3 Å². The van der Waals surface area contributed by atoms with Crippen molar-refractivity contribution in [2.75, 3.05) is 19.6 Å². The van der Waals surface area contributed by atoms with Gasteiger partial charge in [-0.05, 0) is 61.0 Å². The van der Waals surface area contributed by atoms with Gasteiger partial charge in [0.05, 0.1) is 12.0 Å². The fraction of sp³-hybridized carbons (Fsp3) is 0.636. The molecule has 6 nitrogen and oxygen atoms in total. The number of carbonyl (C=O) groups excluding carboxylic acids is 2. The van der Waals surface area contributed by atoms with Gasteiger partial charge < -0.3 is 10.2 Å². The molecule has 1 saturated carbocycles. The highest BCUT2D eigenvalue weighted by atomic mass is 16.5. The maximum Gasteiger partial charge on any atom is 0.248 e. The first kappa shape index (κ1) is 19.4. The second-order valence-electron chi connectivity index (χ2n) is 8.84. The first-order valence-electron chi connectivity index (χ1n) is 10.6. The van der Waals surface area contributed by atoms with E-state index in [1.165, 1.54) is 11.1 Å². The van der Waals surface area contributed by atoms with E-state index in [0.29, 0.717) is 12.3 Å². The van der Waals surface area contributed by atoms with Crippen LogP contribution in [0, 0.1) is 11.3 Å². The Morgan fingerprint density at radius 2 is 1.89 bits per heavy atom. The fourth-order valence-corrected chi connectivity index (χ4v) is 4.92. The smallest absolute Gasteiger partial charge is 0.248 e. The van der Waals surface area contributed by atoms with Crippen LogP contribution in [0.4, 0.5) is 0 Å². The van der Waals surface area contributed by atoms with Gasteiger partial charge >= 0.3 is 0 Å². The lowest BCUT2D eigenvalue weighted by Crippen LogP contribution is -2.59. The van der Waals surface area contributed by atoms with Crippen LogP contribution in [-0.4, -0.2) is 47.6 Å². The van der Waals surface area contributed by atoms with E-state index in [4.69, 9.17) is 5.21 Å². The van der Waals surface area contributed by atoms with Gasteiger partial charge in [0.1, 0.15) is 0 Å². The lowest BCUT2D eigenvalue weighted by molar-refractivity contribution is -0.145. The van der Waals surface area contributed by atoms with Crippen molar-refractivity contribution in [3.63, 3.8) is 0 Å². The molecule has 2 atom stereocenters. The predicted molar refractivity (Wildman–Crippen MR) is 106 cm³/mol. The van der Waals surface area contributed by atoms with E-state index in [1.807, 2.05) is 4.90 Å². The van der Waals surface area contributed by atoms with Crippen LogP contribution in [0.15, 0.2) is 24.3 Å². The number of likely N-dealkylation sites (tertiary alicyclic amines) is 1.